The Morgan fingerprint density at radius 3 is 2.27 bits per heavy atom. The van der Waals surface area contributed by atoms with Crippen molar-refractivity contribution in [3.63, 3.8) is 0 Å². The molecule has 0 radical (unpaired) electrons. The number of methoxy groups -OCH3 is 1. The van der Waals surface area contributed by atoms with Crippen LogP contribution >= 0.6 is 0 Å². The summed E-state index contributed by atoms with van der Waals surface area (Å²) >= 11 is 0. The molecule has 6 atom stereocenters. The average molecular weight is 539 g/mol. The third kappa shape index (κ3) is 5.99. The molecule has 1 aromatic heterocycles. The zero-order valence-corrected chi connectivity index (χ0v) is 22.8. The molecule has 0 aliphatic carbocycles. The quantitative estimate of drug-likeness (QED) is 0.286. The molecule has 2 aliphatic heterocycles. The van der Waals surface area contributed by atoms with Crippen LogP contribution in [0.2, 0.25) is 0 Å². The Bertz CT molecular complexity index is 1370. The van der Waals surface area contributed by atoms with E-state index in [1.165, 1.54) is 0 Å². The lowest BCUT2D eigenvalue weighted by Crippen LogP contribution is -2.60. The number of aryl methyl sites for hydroxylation is 1. The van der Waals surface area contributed by atoms with Gasteiger partial charge >= 0.3 is 0 Å². The van der Waals surface area contributed by atoms with E-state index in [-0.39, 0.29) is 24.2 Å². The molecule has 0 bridgehead atoms. The predicted molar refractivity (Wildman–Crippen MR) is 150 cm³/mol. The van der Waals surface area contributed by atoms with E-state index >= 15 is 0 Å². The van der Waals surface area contributed by atoms with E-state index < -0.39 is 12.6 Å². The van der Waals surface area contributed by atoms with Crippen LogP contribution in [0.3, 0.4) is 0 Å². The van der Waals surface area contributed by atoms with Crippen molar-refractivity contribution < 1.29 is 23.7 Å². The van der Waals surface area contributed by atoms with Gasteiger partial charge in [0.1, 0.15) is 18.0 Å². The Balaban J connectivity index is 1.32. The average Bonchev–Trinajstić information content (AvgIpc) is 3.01. The minimum atomic E-state index is -0.516. The van der Waals surface area contributed by atoms with E-state index in [9.17, 15) is 0 Å². The molecule has 3 heterocycles. The van der Waals surface area contributed by atoms with Crippen molar-refractivity contribution in [1.29, 1.82) is 0 Å². The number of ether oxygens (including phenoxy) is 5. The smallest absolute Gasteiger partial charge is 0.184 e. The van der Waals surface area contributed by atoms with Crippen LogP contribution in [0.25, 0.3) is 11.3 Å². The highest BCUT2D eigenvalue weighted by molar-refractivity contribution is 5.59. The van der Waals surface area contributed by atoms with Crippen LogP contribution < -0.4 is 0 Å². The molecular weight excluding hydrogens is 504 g/mol. The molecule has 0 amide bonds. The molecule has 2 fully saturated rings. The first-order valence-electron chi connectivity index (χ1n) is 13.7. The van der Waals surface area contributed by atoms with Crippen molar-refractivity contribution in [1.82, 2.24) is 9.97 Å². The van der Waals surface area contributed by atoms with E-state index in [0.717, 1.165) is 28.1 Å². The van der Waals surface area contributed by atoms with Crippen molar-refractivity contribution >= 4 is 0 Å². The number of aromatic nitrogens is 2. The molecule has 1 unspecified atom stereocenters. The van der Waals surface area contributed by atoms with Crippen molar-refractivity contribution in [2.75, 3.05) is 13.7 Å². The molecule has 0 N–H and O–H groups in total. The Hall–Kier alpha value is -3.46. The van der Waals surface area contributed by atoms with Gasteiger partial charge in [0, 0.05) is 36.3 Å². The maximum atomic E-state index is 6.70. The molecule has 40 heavy (non-hydrogen) atoms. The topological polar surface area (TPSA) is 71.9 Å². The Morgan fingerprint density at radius 2 is 1.55 bits per heavy atom. The van der Waals surface area contributed by atoms with Gasteiger partial charge in [-0.15, -0.1) is 0 Å². The second-order valence-corrected chi connectivity index (χ2v) is 10.2. The van der Waals surface area contributed by atoms with Crippen LogP contribution in [0.15, 0.2) is 97.1 Å². The van der Waals surface area contributed by atoms with E-state index in [2.05, 4.69) is 24.3 Å². The van der Waals surface area contributed by atoms with Gasteiger partial charge in [-0.25, -0.2) is 9.97 Å². The van der Waals surface area contributed by atoms with Crippen LogP contribution in [0.4, 0.5) is 0 Å². The fourth-order valence-corrected chi connectivity index (χ4v) is 5.57. The Morgan fingerprint density at radius 1 is 0.850 bits per heavy atom. The van der Waals surface area contributed by atoms with Crippen LogP contribution in [0.5, 0.6) is 0 Å². The number of nitrogens with zero attached hydrogens (tertiary/aromatic N) is 2. The van der Waals surface area contributed by atoms with Crippen LogP contribution in [-0.2, 0) is 36.7 Å². The van der Waals surface area contributed by atoms with Gasteiger partial charge in [0.05, 0.1) is 25.0 Å². The first-order chi connectivity index (χ1) is 19.7. The van der Waals surface area contributed by atoms with Crippen molar-refractivity contribution in [3.8, 4) is 11.3 Å². The SMILES string of the molecule is CO[C@H]1O[C@@H]2COC(c3ccccc3)O[C@H]2[C@@H](OCc2ccccc2)[C@@H]1Cc1cc(-c2ccccc2)nc(C)n1. The van der Waals surface area contributed by atoms with Gasteiger partial charge in [-0.3, -0.25) is 0 Å². The summed E-state index contributed by atoms with van der Waals surface area (Å²) in [6, 6.07) is 32.4. The lowest BCUT2D eigenvalue weighted by molar-refractivity contribution is -0.356. The Labute approximate surface area is 235 Å². The first-order valence-corrected chi connectivity index (χ1v) is 13.7. The summed E-state index contributed by atoms with van der Waals surface area (Å²) in [6.45, 7) is 2.75. The summed E-state index contributed by atoms with van der Waals surface area (Å²) in [7, 11) is 1.67. The maximum absolute atomic E-state index is 6.70. The van der Waals surface area contributed by atoms with Crippen molar-refractivity contribution in [2.45, 2.75) is 50.8 Å². The molecule has 206 valence electrons. The summed E-state index contributed by atoms with van der Waals surface area (Å²) in [5, 5.41) is 0. The molecule has 2 aliphatic rings. The molecule has 0 saturated carbocycles. The minimum absolute atomic E-state index is 0.178. The molecule has 4 aromatic rings. The van der Waals surface area contributed by atoms with E-state index in [0.29, 0.717) is 25.5 Å². The second kappa shape index (κ2) is 12.4. The first kappa shape index (κ1) is 26.7. The molecule has 7 heteroatoms. The number of fused-ring (bicyclic) bond motifs is 1. The van der Waals surface area contributed by atoms with Gasteiger partial charge in [-0.2, -0.15) is 0 Å². The lowest BCUT2D eigenvalue weighted by Gasteiger charge is -2.49. The number of benzene rings is 3. The highest BCUT2D eigenvalue weighted by Gasteiger charge is 2.51. The van der Waals surface area contributed by atoms with Gasteiger partial charge < -0.3 is 23.7 Å². The van der Waals surface area contributed by atoms with Crippen molar-refractivity contribution in [3.05, 3.63) is 120 Å². The van der Waals surface area contributed by atoms with Gasteiger partial charge in [0.2, 0.25) is 0 Å². The van der Waals surface area contributed by atoms with Crippen molar-refractivity contribution in [2.24, 2.45) is 5.92 Å². The minimum Gasteiger partial charge on any atom is -0.370 e. The van der Waals surface area contributed by atoms with Gasteiger partial charge in [0.25, 0.3) is 0 Å². The zero-order valence-electron chi connectivity index (χ0n) is 22.8. The van der Waals surface area contributed by atoms with Gasteiger partial charge in [-0.05, 0) is 18.6 Å². The normalized spacial score (nSPS) is 26.2. The predicted octanol–water partition coefficient (Wildman–Crippen LogP) is 5.68. The van der Waals surface area contributed by atoms with Crippen LogP contribution in [0.1, 0.15) is 28.9 Å². The fourth-order valence-electron chi connectivity index (χ4n) is 5.57. The zero-order chi connectivity index (χ0) is 27.3. The molecule has 2 saturated heterocycles. The Kier molecular flexibility index (Phi) is 8.27. The van der Waals surface area contributed by atoms with E-state index in [1.54, 1.807) is 7.11 Å². The fraction of sp³-hybridized carbons (Fsp3) is 0.333. The maximum Gasteiger partial charge on any atom is 0.184 e. The second-order valence-electron chi connectivity index (χ2n) is 10.2. The standard InChI is InChI=1S/C33H34N2O5/c1-22-34-26(19-28(35-22)24-14-8-4-9-15-24)18-27-30(37-20-23-12-6-3-7-13-23)31-29(39-33(27)36-2)21-38-32(40-31)25-16-10-5-11-17-25/h3-17,19,27,29-33H,18,20-21H2,1-2H3/t27-,29+,30-,31+,32?,33-/m0/s1. The molecule has 6 rings (SSSR count). The van der Waals surface area contributed by atoms with Crippen LogP contribution in [0, 0.1) is 12.8 Å². The summed E-state index contributed by atoms with van der Waals surface area (Å²) in [5.74, 6) is 0.538. The van der Waals surface area contributed by atoms with E-state index in [4.69, 9.17) is 33.7 Å². The van der Waals surface area contributed by atoms with Gasteiger partial charge in [-0.1, -0.05) is 91.0 Å². The summed E-state index contributed by atoms with van der Waals surface area (Å²) in [4.78, 5) is 9.49. The number of hydrogen-bond acceptors (Lipinski definition) is 7. The third-order valence-corrected chi connectivity index (χ3v) is 7.46. The molecule has 0 spiro atoms. The number of rotatable bonds is 8. The van der Waals surface area contributed by atoms with Gasteiger partial charge in [0.15, 0.2) is 12.6 Å². The lowest BCUT2D eigenvalue weighted by atomic mass is 9.86. The number of hydrogen-bond donors (Lipinski definition) is 0. The van der Waals surface area contributed by atoms with E-state index in [1.807, 2.05) is 79.7 Å². The summed E-state index contributed by atoms with van der Waals surface area (Å²) < 4.78 is 31.7. The molecule has 3 aromatic carbocycles. The summed E-state index contributed by atoms with van der Waals surface area (Å²) in [6.07, 6.45) is -1.44. The third-order valence-electron chi connectivity index (χ3n) is 7.46. The summed E-state index contributed by atoms with van der Waals surface area (Å²) in [5.41, 5.74) is 4.90. The largest absolute Gasteiger partial charge is 0.370 e. The molecular formula is C33H34N2O5. The van der Waals surface area contributed by atoms with Crippen LogP contribution in [-0.4, -0.2) is 48.3 Å². The molecule has 7 nitrogen and oxygen atoms in total. The highest BCUT2D eigenvalue weighted by Crippen LogP contribution is 2.39. The highest BCUT2D eigenvalue weighted by atomic mass is 16.7. The monoisotopic (exact) mass is 538 g/mol.